The summed E-state index contributed by atoms with van der Waals surface area (Å²) >= 11 is 1.36. The largest absolute Gasteiger partial charge is 0.376 e. The number of nitrogens with zero attached hydrogens (tertiary/aromatic N) is 3. The van der Waals surface area contributed by atoms with Crippen molar-refractivity contribution in [2.24, 2.45) is 13.0 Å². The van der Waals surface area contributed by atoms with Gasteiger partial charge in [0.05, 0.1) is 22.9 Å². The summed E-state index contributed by atoms with van der Waals surface area (Å²) in [7, 11) is -1.03. The van der Waals surface area contributed by atoms with E-state index in [-0.39, 0.29) is 34.7 Å². The van der Waals surface area contributed by atoms with Gasteiger partial charge in [0, 0.05) is 26.6 Å². The van der Waals surface area contributed by atoms with Crippen LogP contribution in [0.25, 0.3) is 0 Å². The van der Waals surface area contributed by atoms with Gasteiger partial charge in [-0.1, -0.05) is 11.8 Å². The Hall–Kier alpha value is -1.13. The molecule has 1 aromatic heterocycles. The lowest BCUT2D eigenvalue weighted by molar-refractivity contribution is -0.120. The minimum absolute atomic E-state index is 0.0445. The summed E-state index contributed by atoms with van der Waals surface area (Å²) in [6.45, 7) is 3.16. The van der Waals surface area contributed by atoms with E-state index in [0.717, 1.165) is 25.3 Å². The maximum Gasteiger partial charge on any atom is 0.233 e. The maximum atomic E-state index is 12.3. The summed E-state index contributed by atoms with van der Waals surface area (Å²) < 4.78 is 30.6. The van der Waals surface area contributed by atoms with Crippen LogP contribution in [-0.2, 0) is 32.8 Å². The van der Waals surface area contributed by atoms with Crippen molar-refractivity contribution in [3.05, 3.63) is 5.82 Å². The molecule has 0 saturated carbocycles. The second-order valence-electron chi connectivity index (χ2n) is 7.07. The molecule has 2 fully saturated rings. The molecule has 0 aromatic carbocycles. The van der Waals surface area contributed by atoms with Crippen LogP contribution in [0.5, 0.6) is 0 Å². The molecule has 10 heteroatoms. The third-order valence-corrected chi connectivity index (χ3v) is 7.87. The van der Waals surface area contributed by atoms with Gasteiger partial charge < -0.3 is 14.6 Å². The van der Waals surface area contributed by atoms with Gasteiger partial charge in [-0.2, -0.15) is 0 Å². The van der Waals surface area contributed by atoms with Gasteiger partial charge in [0.25, 0.3) is 0 Å². The number of carbonyl (C=O) groups is 1. The summed E-state index contributed by atoms with van der Waals surface area (Å²) in [6.07, 6.45) is 3.45. The molecule has 2 aliphatic heterocycles. The Bertz CT molecular complexity index is 743. The first-order valence-corrected chi connectivity index (χ1v) is 11.7. The smallest absolute Gasteiger partial charge is 0.233 e. The Balaban J connectivity index is 1.51. The quantitative estimate of drug-likeness (QED) is 0.665. The molecule has 2 saturated heterocycles. The molecule has 1 N–H and O–H groups in total. The molecule has 3 heterocycles. The Morgan fingerprint density at radius 2 is 2.23 bits per heavy atom. The van der Waals surface area contributed by atoms with E-state index in [1.165, 1.54) is 11.8 Å². The molecule has 3 atom stereocenters. The van der Waals surface area contributed by atoms with Gasteiger partial charge in [-0.15, -0.1) is 10.2 Å². The van der Waals surface area contributed by atoms with Crippen LogP contribution < -0.4 is 5.32 Å². The first kappa shape index (κ1) is 19.6. The lowest BCUT2D eigenvalue weighted by Gasteiger charge is -2.14. The monoisotopic (exact) mass is 402 g/mol. The molecule has 26 heavy (non-hydrogen) atoms. The first-order chi connectivity index (χ1) is 12.3. The maximum absolute atomic E-state index is 12.3. The van der Waals surface area contributed by atoms with Crippen molar-refractivity contribution >= 4 is 27.5 Å². The summed E-state index contributed by atoms with van der Waals surface area (Å²) in [4.78, 5) is 12.3. The number of sulfone groups is 1. The van der Waals surface area contributed by atoms with Crippen molar-refractivity contribution in [2.75, 3.05) is 24.7 Å². The molecule has 146 valence electrons. The Kier molecular flexibility index (Phi) is 6.24. The van der Waals surface area contributed by atoms with E-state index in [9.17, 15) is 13.2 Å². The average Bonchev–Trinajstić information content (AvgIpc) is 3.30. The number of hydrogen-bond donors (Lipinski definition) is 1. The van der Waals surface area contributed by atoms with Crippen LogP contribution in [0.15, 0.2) is 5.16 Å². The highest BCUT2D eigenvalue weighted by Crippen LogP contribution is 2.25. The number of carbonyl (C=O) groups excluding carboxylic acids is 1. The van der Waals surface area contributed by atoms with E-state index in [1.807, 2.05) is 18.5 Å². The number of nitrogens with one attached hydrogen (secondary N) is 1. The van der Waals surface area contributed by atoms with E-state index in [0.29, 0.717) is 24.5 Å². The number of amides is 1. The third kappa shape index (κ3) is 4.98. The van der Waals surface area contributed by atoms with Crippen molar-refractivity contribution in [3.63, 3.8) is 0 Å². The molecule has 0 bridgehead atoms. The van der Waals surface area contributed by atoms with Gasteiger partial charge in [-0.3, -0.25) is 4.79 Å². The Labute approximate surface area is 158 Å². The Morgan fingerprint density at radius 3 is 2.88 bits per heavy atom. The van der Waals surface area contributed by atoms with Crippen LogP contribution in [0.2, 0.25) is 0 Å². The van der Waals surface area contributed by atoms with Gasteiger partial charge in [0.1, 0.15) is 5.82 Å². The normalized spacial score (nSPS) is 26.1. The molecule has 1 amide bonds. The standard InChI is InChI=1S/C16H26N4O4S2/c1-11(15(21)17-9-13-4-3-6-24-13)25-16-19-18-14(20(16)2)8-12-5-7-26(22,23)10-12/h11-13H,3-10H2,1-2H3,(H,17,21)/t11-,12-,13-/m0/s1. The average molecular weight is 403 g/mol. The number of ether oxygens (including phenoxy) is 1. The predicted molar refractivity (Wildman–Crippen MR) is 98.8 cm³/mol. The van der Waals surface area contributed by atoms with Gasteiger partial charge in [-0.25, -0.2) is 8.42 Å². The van der Waals surface area contributed by atoms with E-state index in [1.54, 1.807) is 0 Å². The minimum atomic E-state index is -2.89. The first-order valence-electron chi connectivity index (χ1n) is 8.99. The molecule has 0 aliphatic carbocycles. The summed E-state index contributed by atoms with van der Waals surface area (Å²) in [5.41, 5.74) is 0. The zero-order valence-corrected chi connectivity index (χ0v) is 16.8. The second kappa shape index (κ2) is 8.26. The Morgan fingerprint density at radius 1 is 1.42 bits per heavy atom. The van der Waals surface area contributed by atoms with Gasteiger partial charge in [-0.05, 0) is 32.1 Å². The fraction of sp³-hybridized carbons (Fsp3) is 0.812. The SMILES string of the molecule is C[C@H](Sc1nnc(C[C@@H]2CCS(=O)(=O)C2)n1C)C(=O)NC[C@@H]1CCCO1. The molecule has 2 aliphatic rings. The number of rotatable bonds is 7. The highest BCUT2D eigenvalue weighted by atomic mass is 32.2. The zero-order valence-electron chi connectivity index (χ0n) is 15.2. The number of thioether (sulfide) groups is 1. The summed E-state index contributed by atoms with van der Waals surface area (Å²) in [6, 6.07) is 0. The fourth-order valence-corrected chi connectivity index (χ4v) is 6.01. The van der Waals surface area contributed by atoms with Gasteiger partial charge in [0.15, 0.2) is 15.0 Å². The third-order valence-electron chi connectivity index (χ3n) is 4.90. The van der Waals surface area contributed by atoms with Crippen molar-refractivity contribution in [2.45, 2.75) is 49.1 Å². The van der Waals surface area contributed by atoms with Crippen molar-refractivity contribution in [1.82, 2.24) is 20.1 Å². The van der Waals surface area contributed by atoms with Crippen molar-refractivity contribution < 1.29 is 17.9 Å². The summed E-state index contributed by atoms with van der Waals surface area (Å²) in [5.74, 6) is 1.31. The number of aromatic nitrogens is 3. The van der Waals surface area contributed by atoms with Gasteiger partial charge >= 0.3 is 0 Å². The van der Waals surface area contributed by atoms with E-state index in [2.05, 4.69) is 15.5 Å². The van der Waals surface area contributed by atoms with Crippen molar-refractivity contribution in [1.29, 1.82) is 0 Å². The van der Waals surface area contributed by atoms with Crippen LogP contribution in [0.1, 0.15) is 32.0 Å². The molecule has 0 unspecified atom stereocenters. The van der Waals surface area contributed by atoms with E-state index < -0.39 is 9.84 Å². The van der Waals surface area contributed by atoms with Crippen LogP contribution in [0.4, 0.5) is 0 Å². The van der Waals surface area contributed by atoms with Crippen LogP contribution in [-0.4, -0.2) is 65.1 Å². The van der Waals surface area contributed by atoms with Crippen LogP contribution >= 0.6 is 11.8 Å². The van der Waals surface area contributed by atoms with E-state index >= 15 is 0 Å². The molecule has 3 rings (SSSR count). The van der Waals surface area contributed by atoms with Crippen molar-refractivity contribution in [3.8, 4) is 0 Å². The molecular weight excluding hydrogens is 376 g/mol. The second-order valence-corrected chi connectivity index (χ2v) is 10.6. The topological polar surface area (TPSA) is 103 Å². The van der Waals surface area contributed by atoms with Crippen LogP contribution in [0.3, 0.4) is 0 Å². The highest BCUT2D eigenvalue weighted by Gasteiger charge is 2.29. The lowest BCUT2D eigenvalue weighted by Crippen LogP contribution is -2.36. The molecule has 0 spiro atoms. The van der Waals surface area contributed by atoms with E-state index in [4.69, 9.17) is 4.74 Å². The van der Waals surface area contributed by atoms with Crippen LogP contribution in [0, 0.1) is 5.92 Å². The number of hydrogen-bond acceptors (Lipinski definition) is 7. The minimum Gasteiger partial charge on any atom is -0.376 e. The predicted octanol–water partition coefficient (Wildman–Crippen LogP) is 0.568. The molecule has 8 nitrogen and oxygen atoms in total. The lowest BCUT2D eigenvalue weighted by atomic mass is 10.1. The highest BCUT2D eigenvalue weighted by molar-refractivity contribution is 8.00. The van der Waals surface area contributed by atoms with Gasteiger partial charge in [0.2, 0.25) is 5.91 Å². The fourth-order valence-electron chi connectivity index (χ4n) is 3.29. The molecule has 0 radical (unpaired) electrons. The molecule has 1 aromatic rings. The zero-order chi connectivity index (χ0) is 18.7. The summed E-state index contributed by atoms with van der Waals surface area (Å²) in [5, 5.41) is 11.7. The molecular formula is C16H26N4O4S2.